The van der Waals surface area contributed by atoms with Gasteiger partial charge in [-0.2, -0.15) is 0 Å². The Morgan fingerprint density at radius 3 is 2.28 bits per heavy atom. The molecule has 0 aliphatic rings. The molecule has 0 saturated heterocycles. The molecule has 18 heavy (non-hydrogen) atoms. The zero-order valence-electron chi connectivity index (χ0n) is 12.8. The number of carboxylic acid groups (broad SMARTS) is 1. The predicted molar refractivity (Wildman–Crippen MR) is 75.9 cm³/mol. The fourth-order valence-corrected chi connectivity index (χ4v) is 2.09. The Kier molecular flexibility index (Phi) is 7.48. The van der Waals surface area contributed by atoms with E-state index in [0.717, 1.165) is 19.4 Å². The van der Waals surface area contributed by atoms with Crippen LogP contribution in [0.25, 0.3) is 0 Å². The normalized spacial score (nSPS) is 18.4. The van der Waals surface area contributed by atoms with E-state index < -0.39 is 11.5 Å². The lowest BCUT2D eigenvalue weighted by molar-refractivity contribution is -0.145. The van der Waals surface area contributed by atoms with E-state index in [0.29, 0.717) is 12.5 Å². The summed E-state index contributed by atoms with van der Waals surface area (Å²) < 4.78 is 0. The summed E-state index contributed by atoms with van der Waals surface area (Å²) in [7, 11) is 2.07. The molecule has 4 heteroatoms. The summed E-state index contributed by atoms with van der Waals surface area (Å²) in [5.41, 5.74) is -0.836. The van der Waals surface area contributed by atoms with Gasteiger partial charge in [0.15, 0.2) is 0 Å². The molecule has 3 atom stereocenters. The first kappa shape index (κ1) is 17.4. The minimum Gasteiger partial charge on any atom is -0.480 e. The number of nitrogens with one attached hydrogen (secondary N) is 1. The summed E-state index contributed by atoms with van der Waals surface area (Å²) in [5, 5.41) is 12.6. The molecule has 0 fully saturated rings. The van der Waals surface area contributed by atoms with Crippen molar-refractivity contribution >= 4 is 5.97 Å². The Morgan fingerprint density at radius 2 is 1.89 bits per heavy atom. The summed E-state index contributed by atoms with van der Waals surface area (Å²) in [6, 6.07) is 0.717. The largest absolute Gasteiger partial charge is 0.480 e. The molecule has 4 nitrogen and oxygen atoms in total. The van der Waals surface area contributed by atoms with Crippen molar-refractivity contribution in [1.29, 1.82) is 0 Å². The smallest absolute Gasteiger partial charge is 0.323 e. The van der Waals surface area contributed by atoms with Crippen LogP contribution in [-0.2, 0) is 4.79 Å². The van der Waals surface area contributed by atoms with E-state index in [1.807, 2.05) is 6.92 Å². The second-order valence-corrected chi connectivity index (χ2v) is 5.54. The van der Waals surface area contributed by atoms with Crippen LogP contribution in [-0.4, -0.2) is 47.2 Å². The molecule has 108 valence electrons. The molecule has 0 aliphatic carbocycles. The molecule has 0 amide bonds. The second kappa shape index (κ2) is 7.74. The van der Waals surface area contributed by atoms with Gasteiger partial charge in [-0.05, 0) is 53.6 Å². The molecule has 0 aromatic rings. The zero-order chi connectivity index (χ0) is 14.3. The maximum atomic E-state index is 11.4. The van der Waals surface area contributed by atoms with E-state index in [9.17, 15) is 9.90 Å². The maximum absolute atomic E-state index is 11.4. The standard InChI is InChI=1S/C14H30N2O2/c1-7-9-15-14(5,13(17)18)10-12(4)16(6)11(3)8-2/h11-12,15H,7-10H2,1-6H3,(H,17,18). The summed E-state index contributed by atoms with van der Waals surface area (Å²) in [4.78, 5) is 13.7. The topological polar surface area (TPSA) is 52.6 Å². The number of carboxylic acids is 1. The predicted octanol–water partition coefficient (Wildman–Crippen LogP) is 2.34. The Labute approximate surface area is 112 Å². The lowest BCUT2D eigenvalue weighted by Crippen LogP contribution is -2.54. The monoisotopic (exact) mass is 258 g/mol. The Balaban J connectivity index is 4.62. The number of aliphatic carboxylic acids is 1. The van der Waals surface area contributed by atoms with E-state index in [1.165, 1.54) is 0 Å². The highest BCUT2D eigenvalue weighted by molar-refractivity contribution is 5.78. The van der Waals surface area contributed by atoms with E-state index in [1.54, 1.807) is 6.92 Å². The van der Waals surface area contributed by atoms with E-state index in [2.05, 4.69) is 38.0 Å². The number of nitrogens with zero attached hydrogens (tertiary/aromatic N) is 1. The molecule has 0 spiro atoms. The lowest BCUT2D eigenvalue weighted by Gasteiger charge is -2.36. The molecule has 0 heterocycles. The van der Waals surface area contributed by atoms with Gasteiger partial charge in [-0.25, -0.2) is 0 Å². The Bertz CT molecular complexity index is 258. The summed E-state index contributed by atoms with van der Waals surface area (Å²) in [6.07, 6.45) is 2.63. The molecule has 3 unspecified atom stereocenters. The van der Waals surface area contributed by atoms with Gasteiger partial charge in [-0.15, -0.1) is 0 Å². The van der Waals surface area contributed by atoms with Crippen LogP contribution < -0.4 is 5.32 Å². The van der Waals surface area contributed by atoms with Crippen LogP contribution in [0, 0.1) is 0 Å². The first-order valence-electron chi connectivity index (χ1n) is 6.98. The van der Waals surface area contributed by atoms with Crippen molar-refractivity contribution in [2.24, 2.45) is 0 Å². The first-order chi connectivity index (χ1) is 8.28. The third-order valence-electron chi connectivity index (χ3n) is 3.92. The van der Waals surface area contributed by atoms with Gasteiger partial charge in [-0.1, -0.05) is 13.8 Å². The highest BCUT2D eigenvalue weighted by atomic mass is 16.4. The number of rotatable bonds is 9. The average Bonchev–Trinajstić information content (AvgIpc) is 2.34. The van der Waals surface area contributed by atoms with Crippen LogP contribution in [0.1, 0.15) is 53.9 Å². The molecule has 0 rings (SSSR count). The number of hydrogen-bond donors (Lipinski definition) is 2. The van der Waals surface area contributed by atoms with Gasteiger partial charge in [0.25, 0.3) is 0 Å². The SMILES string of the molecule is CCCNC(C)(CC(C)N(C)C(C)CC)C(=O)O. The fourth-order valence-electron chi connectivity index (χ4n) is 2.09. The van der Waals surface area contributed by atoms with Crippen LogP contribution in [0.15, 0.2) is 0 Å². The summed E-state index contributed by atoms with van der Waals surface area (Å²) in [5.74, 6) is -0.764. The molecule has 0 aromatic heterocycles. The van der Waals surface area contributed by atoms with Gasteiger partial charge < -0.3 is 15.3 Å². The van der Waals surface area contributed by atoms with Crippen LogP contribution in [0.5, 0.6) is 0 Å². The van der Waals surface area contributed by atoms with Gasteiger partial charge >= 0.3 is 5.97 Å². The highest BCUT2D eigenvalue weighted by Crippen LogP contribution is 2.18. The summed E-state index contributed by atoms with van der Waals surface area (Å²) >= 11 is 0. The van der Waals surface area contributed by atoms with Crippen molar-refractivity contribution < 1.29 is 9.90 Å². The molecule has 2 N–H and O–H groups in total. The minimum absolute atomic E-state index is 0.241. The van der Waals surface area contributed by atoms with E-state index in [-0.39, 0.29) is 6.04 Å². The molecular weight excluding hydrogens is 228 g/mol. The van der Waals surface area contributed by atoms with Crippen LogP contribution in [0.4, 0.5) is 0 Å². The Morgan fingerprint density at radius 1 is 1.33 bits per heavy atom. The molecule has 0 aromatic carbocycles. The minimum atomic E-state index is -0.836. The van der Waals surface area contributed by atoms with E-state index in [4.69, 9.17) is 0 Å². The van der Waals surface area contributed by atoms with Gasteiger partial charge in [-0.3, -0.25) is 4.79 Å². The van der Waals surface area contributed by atoms with Crippen molar-refractivity contribution in [2.75, 3.05) is 13.6 Å². The van der Waals surface area contributed by atoms with Crippen molar-refractivity contribution in [1.82, 2.24) is 10.2 Å². The van der Waals surface area contributed by atoms with Crippen molar-refractivity contribution in [3.63, 3.8) is 0 Å². The van der Waals surface area contributed by atoms with Gasteiger partial charge in [0, 0.05) is 12.1 Å². The first-order valence-corrected chi connectivity index (χ1v) is 6.98. The quantitative estimate of drug-likeness (QED) is 0.666. The average molecular weight is 258 g/mol. The van der Waals surface area contributed by atoms with Crippen LogP contribution >= 0.6 is 0 Å². The molecule has 0 saturated carbocycles. The second-order valence-electron chi connectivity index (χ2n) is 5.54. The molecular formula is C14H30N2O2. The fraction of sp³-hybridized carbons (Fsp3) is 0.929. The van der Waals surface area contributed by atoms with Crippen LogP contribution in [0.3, 0.4) is 0 Å². The lowest BCUT2D eigenvalue weighted by atomic mass is 9.92. The summed E-state index contributed by atoms with van der Waals surface area (Å²) in [6.45, 7) is 11.0. The van der Waals surface area contributed by atoms with Crippen molar-refractivity contribution in [3.05, 3.63) is 0 Å². The van der Waals surface area contributed by atoms with E-state index >= 15 is 0 Å². The zero-order valence-corrected chi connectivity index (χ0v) is 12.8. The number of carbonyl (C=O) groups is 1. The molecule has 0 aliphatic heterocycles. The van der Waals surface area contributed by atoms with Crippen molar-refractivity contribution in [2.45, 2.75) is 71.5 Å². The Hall–Kier alpha value is -0.610. The van der Waals surface area contributed by atoms with Crippen LogP contribution in [0.2, 0.25) is 0 Å². The highest BCUT2D eigenvalue weighted by Gasteiger charge is 2.35. The maximum Gasteiger partial charge on any atom is 0.323 e. The van der Waals surface area contributed by atoms with Gasteiger partial charge in [0.05, 0.1) is 0 Å². The number of hydrogen-bond acceptors (Lipinski definition) is 3. The molecule has 0 bridgehead atoms. The third-order valence-corrected chi connectivity index (χ3v) is 3.92. The van der Waals surface area contributed by atoms with Gasteiger partial charge in [0.2, 0.25) is 0 Å². The molecule has 0 radical (unpaired) electrons. The van der Waals surface area contributed by atoms with Gasteiger partial charge in [0.1, 0.15) is 5.54 Å². The van der Waals surface area contributed by atoms with Crippen molar-refractivity contribution in [3.8, 4) is 0 Å². The third kappa shape index (κ3) is 4.94.